The van der Waals surface area contributed by atoms with Crippen LogP contribution in [0.15, 0.2) is 0 Å². The predicted octanol–water partition coefficient (Wildman–Crippen LogP) is 6.88. The van der Waals surface area contributed by atoms with Gasteiger partial charge in [0.25, 0.3) is 0 Å². The van der Waals surface area contributed by atoms with Crippen LogP contribution in [0.5, 0.6) is 0 Å². The van der Waals surface area contributed by atoms with E-state index in [1.807, 2.05) is 0 Å². The van der Waals surface area contributed by atoms with Crippen LogP contribution in [0.2, 0.25) is 0 Å². The van der Waals surface area contributed by atoms with Gasteiger partial charge in [-0.3, -0.25) is 0 Å². The van der Waals surface area contributed by atoms with Gasteiger partial charge in [-0.05, 0) is 0 Å². The largest absolute Gasteiger partial charge is 0.443 e. The van der Waals surface area contributed by atoms with Gasteiger partial charge >= 0.3 is 71.2 Å². The van der Waals surface area contributed by atoms with Gasteiger partial charge in [-0.1, -0.05) is 0 Å². The van der Waals surface area contributed by atoms with Crippen molar-refractivity contribution in [2.45, 2.75) is 71.2 Å². The molecule has 0 N–H and O–H groups in total. The van der Waals surface area contributed by atoms with Crippen LogP contribution in [0.3, 0.4) is 0 Å². The van der Waals surface area contributed by atoms with Crippen LogP contribution in [0, 0.1) is 0 Å². The van der Waals surface area contributed by atoms with Gasteiger partial charge < -0.3 is 0 Å². The van der Waals surface area contributed by atoms with Crippen molar-refractivity contribution in [1.82, 2.24) is 4.90 Å². The molecule has 2 rings (SSSR count). The van der Waals surface area contributed by atoms with Crippen molar-refractivity contribution in [1.29, 1.82) is 0 Å². The van der Waals surface area contributed by atoms with E-state index in [1.54, 1.807) is 0 Å². The maximum Gasteiger partial charge on any atom is 0.443 e. The fraction of sp³-hybridized carbons (Fsp3) is 1.00. The molecule has 0 amide bonds. The minimum Gasteiger partial charge on any atom is -0.212 e. The summed E-state index contributed by atoms with van der Waals surface area (Å²) in [4.78, 5) is -5.42. The van der Waals surface area contributed by atoms with E-state index in [0.717, 1.165) is 0 Å². The van der Waals surface area contributed by atoms with Gasteiger partial charge in [0, 0.05) is 0 Å². The first-order valence-corrected chi connectivity index (χ1v) is 7.77. The zero-order valence-electron chi connectivity index (χ0n) is 15.1. The number of hydrogen-bond acceptors (Lipinski definition) is 1. The van der Waals surface area contributed by atoms with Crippen LogP contribution in [0.25, 0.3) is 0 Å². The van der Waals surface area contributed by atoms with E-state index in [4.69, 9.17) is 0 Å². The van der Waals surface area contributed by atoms with Gasteiger partial charge in [0.05, 0.1) is 0 Å². The normalized spacial score (nSPS) is 36.8. The number of piperidine rings is 1. The van der Waals surface area contributed by atoms with Gasteiger partial charge in [0.15, 0.2) is 0 Å². The Bertz CT molecular complexity index is 896. The number of hydrogen-bond donors (Lipinski definition) is 0. The minimum atomic E-state index is -9.38. The third kappa shape index (κ3) is 2.39. The lowest BCUT2D eigenvalue weighted by Gasteiger charge is -2.62. The molecule has 1 aliphatic heterocycles. The summed E-state index contributed by atoms with van der Waals surface area (Å²) in [5.41, 5.74) is 0. The Morgan fingerprint density at radius 1 is 0.333 bits per heavy atom. The molecule has 1 aliphatic carbocycles. The van der Waals surface area contributed by atoms with E-state index < -0.39 is 76.1 Å². The van der Waals surface area contributed by atoms with Crippen LogP contribution < -0.4 is 0 Å². The third-order valence-corrected chi connectivity index (χ3v) is 5.26. The molecule has 1 nitrogen and oxygen atoms in total. The molecule has 0 aromatic carbocycles. The molecule has 0 spiro atoms. The molecule has 1 saturated carbocycles. The van der Waals surface area contributed by atoms with Crippen molar-refractivity contribution in [2.24, 2.45) is 0 Å². The van der Waals surface area contributed by atoms with Crippen molar-refractivity contribution in [3.05, 3.63) is 0 Å². The Kier molecular flexibility index (Phi) is 5.51. The molecule has 2 fully saturated rings. The van der Waals surface area contributed by atoms with Crippen LogP contribution in [-0.2, 0) is 0 Å². The topological polar surface area (TPSA) is 3.24 Å². The maximum absolute atomic E-state index is 14.8. The zero-order chi connectivity index (χ0) is 29.6. The molecule has 1 saturated heterocycles. The van der Waals surface area contributed by atoms with E-state index >= 15 is 0 Å². The number of rotatable bonds is 1. The molecule has 0 aromatic heterocycles. The standard InChI is InChI=1S/C12F23N/c13-1(14)2(15,16)5(21,22)9(29,6(23,24)3(1,17)18)36-10(30,11(31,32)33)7(25,26)4(19,20)8(27,28)12(36,34)35. The number of alkyl halides is 23. The lowest BCUT2D eigenvalue weighted by atomic mass is 9.73. The second kappa shape index (κ2) is 6.49. The predicted molar refractivity (Wildman–Crippen MR) is 60.1 cm³/mol. The fourth-order valence-corrected chi connectivity index (χ4v) is 3.26. The van der Waals surface area contributed by atoms with Gasteiger partial charge in [0.1, 0.15) is 0 Å². The van der Waals surface area contributed by atoms with Gasteiger partial charge in [0.2, 0.25) is 0 Å². The van der Waals surface area contributed by atoms with Crippen LogP contribution >= 0.6 is 0 Å². The van der Waals surface area contributed by atoms with Crippen LogP contribution in [-0.4, -0.2) is 76.1 Å². The molecule has 214 valence electrons. The van der Waals surface area contributed by atoms with Crippen molar-refractivity contribution in [2.75, 3.05) is 0 Å². The summed E-state index contributed by atoms with van der Waals surface area (Å²) in [6.45, 7) is 0. The first kappa shape index (κ1) is 30.6. The lowest BCUT2D eigenvalue weighted by molar-refractivity contribution is -0.583. The molecular formula is C12F23N. The molecule has 0 aromatic rings. The molecule has 24 heteroatoms. The summed E-state index contributed by atoms with van der Waals surface area (Å²) in [5.74, 6) is -88.7. The third-order valence-electron chi connectivity index (χ3n) is 5.26. The summed E-state index contributed by atoms with van der Waals surface area (Å²) >= 11 is 0. The minimum absolute atomic E-state index is 5.42. The molecule has 36 heavy (non-hydrogen) atoms. The van der Waals surface area contributed by atoms with E-state index in [-0.39, 0.29) is 0 Å². The molecular weight excluding hydrogens is 595 g/mol. The van der Waals surface area contributed by atoms with Gasteiger partial charge in [-0.2, -0.15) is 92.2 Å². The Labute approximate surface area is 178 Å². The molecule has 0 bridgehead atoms. The number of likely N-dealkylation sites (tertiary alicyclic amines) is 1. The monoisotopic (exact) mass is 595 g/mol. The Hall–Kier alpha value is -1.65. The van der Waals surface area contributed by atoms with Gasteiger partial charge in [-0.25, -0.2) is 8.78 Å². The highest BCUT2D eigenvalue weighted by Crippen LogP contribution is 2.76. The lowest BCUT2D eigenvalue weighted by Crippen LogP contribution is -2.96. The Morgan fingerprint density at radius 3 is 0.861 bits per heavy atom. The summed E-state index contributed by atoms with van der Waals surface area (Å²) in [7, 11) is 0. The second-order valence-electron chi connectivity index (χ2n) is 7.21. The molecule has 2 aliphatic rings. The number of halogens is 23. The van der Waals surface area contributed by atoms with Crippen molar-refractivity contribution in [3.63, 3.8) is 0 Å². The zero-order valence-corrected chi connectivity index (χ0v) is 15.1. The first-order valence-electron chi connectivity index (χ1n) is 7.77. The highest BCUT2D eigenvalue weighted by molar-refractivity contribution is 5.31. The first-order chi connectivity index (χ1) is 15.1. The quantitative estimate of drug-likeness (QED) is 0.236. The number of nitrogens with zero attached hydrogens (tertiary/aromatic N) is 1. The molecule has 1 atom stereocenters. The van der Waals surface area contributed by atoms with Gasteiger partial charge in [-0.15, -0.1) is 4.90 Å². The highest BCUT2D eigenvalue weighted by Gasteiger charge is 3.09. The molecule has 1 heterocycles. The average Bonchev–Trinajstić information content (AvgIpc) is 2.63. The second-order valence-corrected chi connectivity index (χ2v) is 7.21. The summed E-state index contributed by atoms with van der Waals surface area (Å²) in [6.07, 6.45) is -8.73. The fourth-order valence-electron chi connectivity index (χ4n) is 3.26. The van der Waals surface area contributed by atoms with Crippen LogP contribution in [0.1, 0.15) is 0 Å². The van der Waals surface area contributed by atoms with Crippen molar-refractivity contribution in [3.8, 4) is 0 Å². The van der Waals surface area contributed by atoms with E-state index in [0.29, 0.717) is 0 Å². The Morgan fingerprint density at radius 2 is 0.583 bits per heavy atom. The highest BCUT2D eigenvalue weighted by atomic mass is 19.4. The van der Waals surface area contributed by atoms with Crippen molar-refractivity contribution < 1.29 is 101 Å². The molecule has 1 unspecified atom stereocenters. The Balaban J connectivity index is 3.31. The maximum atomic E-state index is 14.8. The average molecular weight is 595 g/mol. The van der Waals surface area contributed by atoms with Crippen molar-refractivity contribution >= 4 is 0 Å². The van der Waals surface area contributed by atoms with E-state index in [1.165, 1.54) is 0 Å². The van der Waals surface area contributed by atoms with E-state index in [9.17, 15) is 101 Å². The smallest absolute Gasteiger partial charge is 0.212 e. The van der Waals surface area contributed by atoms with Crippen LogP contribution in [0.4, 0.5) is 101 Å². The summed E-state index contributed by atoms with van der Waals surface area (Å²) in [5, 5.41) is 0. The summed E-state index contributed by atoms with van der Waals surface area (Å²) in [6, 6.07) is -8.96. The van der Waals surface area contributed by atoms with E-state index in [2.05, 4.69) is 0 Å². The molecule has 0 radical (unpaired) electrons. The summed E-state index contributed by atoms with van der Waals surface area (Å²) < 4.78 is 313. The SMILES string of the molecule is FC(F)(F)C1(F)N(C2(F)C(F)(F)C(F)(F)C(F)(F)C(F)(F)C2(F)F)C(F)(F)C(F)(F)C(F)(F)C1(F)F.